The molecule has 1 unspecified atom stereocenters. The Morgan fingerprint density at radius 2 is 1.30 bits per heavy atom. The van der Waals surface area contributed by atoms with E-state index < -0.39 is 0 Å². The van der Waals surface area contributed by atoms with Crippen LogP contribution in [0.25, 0.3) is 0 Å². The summed E-state index contributed by atoms with van der Waals surface area (Å²) >= 11 is 0. The third-order valence-corrected chi connectivity index (χ3v) is 8.92. The van der Waals surface area contributed by atoms with E-state index in [1.54, 1.807) is 0 Å². The van der Waals surface area contributed by atoms with Gasteiger partial charge in [-0.3, -0.25) is 9.80 Å². The summed E-state index contributed by atoms with van der Waals surface area (Å²) < 4.78 is 12.2. The van der Waals surface area contributed by atoms with E-state index >= 15 is 0 Å². The van der Waals surface area contributed by atoms with E-state index in [-0.39, 0.29) is 24.0 Å². The molecule has 37 heavy (non-hydrogen) atoms. The van der Waals surface area contributed by atoms with Crippen molar-refractivity contribution in [1.29, 1.82) is 0 Å². The van der Waals surface area contributed by atoms with Crippen LogP contribution in [0.5, 0.6) is 11.5 Å². The fourth-order valence-corrected chi connectivity index (χ4v) is 7.72. The van der Waals surface area contributed by atoms with Crippen molar-refractivity contribution < 1.29 is 19.7 Å². The lowest BCUT2D eigenvalue weighted by Gasteiger charge is -2.50. The molecule has 5 rings (SSSR count). The van der Waals surface area contributed by atoms with Gasteiger partial charge in [-0.15, -0.1) is 0 Å². The third kappa shape index (κ3) is 4.89. The second-order valence-electron chi connectivity index (χ2n) is 12.5. The summed E-state index contributed by atoms with van der Waals surface area (Å²) in [7, 11) is 0. The number of rotatable bonds is 6. The molecular weight excluding hydrogens is 464 g/mol. The number of benzene rings is 2. The summed E-state index contributed by atoms with van der Waals surface area (Å²) in [6.45, 7) is 16.0. The molecule has 0 aromatic heterocycles. The number of aliphatic hydroxyl groups excluding tert-OH is 2. The lowest BCUT2D eigenvalue weighted by molar-refractivity contribution is 0.0757. The van der Waals surface area contributed by atoms with Gasteiger partial charge in [-0.05, 0) is 78.8 Å². The van der Waals surface area contributed by atoms with Crippen LogP contribution in [0.2, 0.25) is 0 Å². The maximum Gasteiger partial charge on any atom is 0.142 e. The monoisotopic (exact) mass is 508 g/mol. The molecule has 2 N–H and O–H groups in total. The lowest BCUT2D eigenvalue weighted by atomic mass is 9.54. The fraction of sp³-hybridized carbons (Fsp3) is 0.613. The van der Waals surface area contributed by atoms with Gasteiger partial charge in [0.1, 0.15) is 25.0 Å². The van der Waals surface area contributed by atoms with E-state index in [1.807, 2.05) is 0 Å². The van der Waals surface area contributed by atoms with Crippen LogP contribution in [0.3, 0.4) is 0 Å². The van der Waals surface area contributed by atoms with Crippen molar-refractivity contribution in [3.63, 3.8) is 0 Å². The first kappa shape index (κ1) is 26.5. The van der Waals surface area contributed by atoms with E-state index in [0.29, 0.717) is 32.5 Å². The summed E-state index contributed by atoms with van der Waals surface area (Å²) in [6, 6.07) is 9.03. The minimum atomic E-state index is -0.113. The van der Waals surface area contributed by atoms with Gasteiger partial charge in [0.05, 0.1) is 13.2 Å². The van der Waals surface area contributed by atoms with Crippen molar-refractivity contribution >= 4 is 0 Å². The number of ether oxygens (including phenoxy) is 2. The van der Waals surface area contributed by atoms with E-state index in [1.165, 1.54) is 39.8 Å². The summed E-state index contributed by atoms with van der Waals surface area (Å²) in [5.41, 5.74) is 8.06. The number of hydrogen-bond acceptors (Lipinski definition) is 6. The van der Waals surface area contributed by atoms with Gasteiger partial charge in [-0.1, -0.05) is 32.9 Å². The SMILES string of the molecule is Cc1c(C2(c3ccc4c(c3C)CN(CCO)CO4)CC(C)CC(C)(C)C2)ccc2c1CN(CCO)CO2. The number of hydrogen-bond donors (Lipinski definition) is 2. The van der Waals surface area contributed by atoms with Crippen molar-refractivity contribution in [3.05, 3.63) is 57.6 Å². The Morgan fingerprint density at radius 3 is 1.73 bits per heavy atom. The van der Waals surface area contributed by atoms with Crippen molar-refractivity contribution in [2.75, 3.05) is 39.8 Å². The molecule has 0 saturated heterocycles. The van der Waals surface area contributed by atoms with Gasteiger partial charge in [-0.2, -0.15) is 0 Å². The van der Waals surface area contributed by atoms with Crippen LogP contribution in [0.1, 0.15) is 73.4 Å². The molecule has 1 aliphatic carbocycles. The minimum absolute atomic E-state index is 0.113. The molecule has 2 heterocycles. The largest absolute Gasteiger partial charge is 0.478 e. The highest BCUT2D eigenvalue weighted by molar-refractivity contribution is 5.56. The van der Waals surface area contributed by atoms with Crippen LogP contribution in [0.4, 0.5) is 0 Å². The molecule has 0 radical (unpaired) electrons. The predicted molar refractivity (Wildman–Crippen MR) is 146 cm³/mol. The number of β-amino-alcohol motifs (C(OH)–C–C–N with tert-alkyl or cyclic N) is 2. The standard InChI is InChI=1S/C31H44N2O4/c1-21-14-30(4,5)18-31(15-21,26-6-8-28-24(22(26)2)16-32(10-12-34)19-36-28)27-7-9-29-25(23(27)3)17-33(11-13-35)20-37-29/h6-9,21,34-35H,10-20H2,1-5H3. The van der Waals surface area contributed by atoms with E-state index in [9.17, 15) is 10.2 Å². The van der Waals surface area contributed by atoms with Gasteiger partial charge in [0.2, 0.25) is 0 Å². The highest BCUT2D eigenvalue weighted by Crippen LogP contribution is 2.56. The Hall–Kier alpha value is -2.12. The van der Waals surface area contributed by atoms with E-state index in [4.69, 9.17) is 9.47 Å². The van der Waals surface area contributed by atoms with Gasteiger partial charge < -0.3 is 19.7 Å². The molecule has 1 atom stereocenters. The second kappa shape index (κ2) is 10.2. The van der Waals surface area contributed by atoms with Gasteiger partial charge in [-0.25, -0.2) is 0 Å². The van der Waals surface area contributed by atoms with Crippen LogP contribution in [0.15, 0.2) is 24.3 Å². The lowest BCUT2D eigenvalue weighted by Crippen LogP contribution is -2.43. The number of fused-ring (bicyclic) bond motifs is 2. The zero-order chi connectivity index (χ0) is 26.4. The molecular formula is C31H44N2O4. The number of nitrogens with zero attached hydrogens (tertiary/aromatic N) is 2. The van der Waals surface area contributed by atoms with E-state index in [0.717, 1.165) is 37.4 Å². The zero-order valence-corrected chi connectivity index (χ0v) is 23.3. The Labute approximate surface area is 222 Å². The first-order valence-electron chi connectivity index (χ1n) is 13.9. The molecule has 2 aromatic rings. The Balaban J connectivity index is 1.67. The fourth-order valence-electron chi connectivity index (χ4n) is 7.72. The zero-order valence-electron chi connectivity index (χ0n) is 23.3. The van der Waals surface area contributed by atoms with Crippen LogP contribution >= 0.6 is 0 Å². The van der Waals surface area contributed by atoms with Crippen LogP contribution in [-0.2, 0) is 18.5 Å². The Bertz CT molecular complexity index is 1070. The molecule has 6 heteroatoms. The summed E-state index contributed by atoms with van der Waals surface area (Å²) in [6.07, 6.45) is 3.42. The highest BCUT2D eigenvalue weighted by atomic mass is 16.5. The average Bonchev–Trinajstić information content (AvgIpc) is 2.84. The summed E-state index contributed by atoms with van der Waals surface area (Å²) in [5.74, 6) is 2.55. The van der Waals surface area contributed by atoms with Crippen LogP contribution in [-0.4, -0.2) is 59.8 Å². The molecule has 0 amide bonds. The molecule has 202 valence electrons. The summed E-state index contributed by atoms with van der Waals surface area (Å²) in [5, 5.41) is 19.1. The Morgan fingerprint density at radius 1 is 0.811 bits per heavy atom. The molecule has 0 bridgehead atoms. The first-order chi connectivity index (χ1) is 17.7. The average molecular weight is 509 g/mol. The summed E-state index contributed by atoms with van der Waals surface area (Å²) in [4.78, 5) is 4.35. The number of aliphatic hydroxyl groups is 2. The minimum Gasteiger partial charge on any atom is -0.478 e. The highest BCUT2D eigenvalue weighted by Gasteiger charge is 2.47. The van der Waals surface area contributed by atoms with Gasteiger partial charge in [0.25, 0.3) is 0 Å². The van der Waals surface area contributed by atoms with Gasteiger partial charge in [0.15, 0.2) is 0 Å². The first-order valence-corrected chi connectivity index (χ1v) is 13.9. The molecule has 6 nitrogen and oxygen atoms in total. The van der Waals surface area contributed by atoms with Gasteiger partial charge in [0, 0.05) is 42.7 Å². The van der Waals surface area contributed by atoms with Crippen LogP contribution < -0.4 is 9.47 Å². The maximum atomic E-state index is 9.53. The van der Waals surface area contributed by atoms with Crippen molar-refractivity contribution in [1.82, 2.24) is 9.80 Å². The normalized spacial score (nSPS) is 23.1. The molecule has 2 aliphatic heterocycles. The molecule has 1 fully saturated rings. The van der Waals surface area contributed by atoms with Crippen molar-refractivity contribution in [2.24, 2.45) is 11.3 Å². The maximum absolute atomic E-state index is 9.53. The molecule has 3 aliphatic rings. The quantitative estimate of drug-likeness (QED) is 0.589. The molecule has 1 saturated carbocycles. The third-order valence-electron chi connectivity index (χ3n) is 8.92. The topological polar surface area (TPSA) is 65.4 Å². The van der Waals surface area contributed by atoms with Crippen LogP contribution in [0, 0.1) is 25.2 Å². The molecule has 0 spiro atoms. The Kier molecular flexibility index (Phi) is 7.31. The van der Waals surface area contributed by atoms with Gasteiger partial charge >= 0.3 is 0 Å². The predicted octanol–water partition coefficient (Wildman–Crippen LogP) is 4.72. The van der Waals surface area contributed by atoms with Crippen molar-refractivity contribution in [3.8, 4) is 11.5 Å². The van der Waals surface area contributed by atoms with Crippen molar-refractivity contribution in [2.45, 2.75) is 72.4 Å². The smallest absolute Gasteiger partial charge is 0.142 e. The molecule has 2 aromatic carbocycles. The second-order valence-corrected chi connectivity index (χ2v) is 12.5. The van der Waals surface area contributed by atoms with E-state index in [2.05, 4.69) is 68.7 Å².